The van der Waals surface area contributed by atoms with Gasteiger partial charge >= 0.3 is 0 Å². The second-order valence-electron chi connectivity index (χ2n) is 7.55. The Morgan fingerprint density at radius 1 is 1.10 bits per heavy atom. The molecule has 0 bridgehead atoms. The molecule has 8 heteroatoms. The van der Waals surface area contributed by atoms with Gasteiger partial charge in [-0.2, -0.15) is 5.10 Å². The Kier molecular flexibility index (Phi) is 5.44. The number of nitrogens with zero attached hydrogens (tertiary/aromatic N) is 2. The maximum atomic E-state index is 12.7. The number of hydrogen-bond acceptors (Lipinski definition) is 4. The van der Waals surface area contributed by atoms with Crippen LogP contribution >= 0.6 is 0 Å². The van der Waals surface area contributed by atoms with Crippen LogP contribution in [0.4, 0.5) is 0 Å². The van der Waals surface area contributed by atoms with Crippen LogP contribution in [0.5, 0.6) is 0 Å². The Balaban J connectivity index is 1.45. The Bertz CT molecular complexity index is 1150. The number of benzene rings is 2. The number of amides is 1. The fourth-order valence-electron chi connectivity index (χ4n) is 3.31. The van der Waals surface area contributed by atoms with Gasteiger partial charge in [-0.1, -0.05) is 18.2 Å². The lowest BCUT2D eigenvalue weighted by Gasteiger charge is -2.14. The molecule has 1 aliphatic rings. The first-order valence-corrected chi connectivity index (χ1v) is 11.4. The molecule has 1 saturated carbocycles. The number of rotatable bonds is 7. The van der Waals surface area contributed by atoms with E-state index in [1.54, 1.807) is 6.20 Å². The minimum Gasteiger partial charge on any atom is -0.345 e. The molecule has 3 aromatic rings. The van der Waals surface area contributed by atoms with E-state index in [-0.39, 0.29) is 22.9 Å². The largest absolute Gasteiger partial charge is 0.345 e. The summed E-state index contributed by atoms with van der Waals surface area (Å²) < 4.78 is 29.0. The standard InChI is InChI=1S/C22H24N4O3S/c1-15(21-14-23-26(16(21)2)19-6-4-3-5-7-19)24-22(27)17-8-12-20(13-9-17)30(28,29)25-18-10-11-18/h3-9,12-15,18,25H,10-11H2,1-2H3,(H,24,27). The van der Waals surface area contributed by atoms with Gasteiger partial charge in [-0.25, -0.2) is 17.8 Å². The van der Waals surface area contributed by atoms with Crippen molar-refractivity contribution in [3.8, 4) is 5.69 Å². The van der Waals surface area contributed by atoms with Crippen molar-refractivity contribution in [2.75, 3.05) is 0 Å². The zero-order valence-corrected chi connectivity index (χ0v) is 17.7. The summed E-state index contributed by atoms with van der Waals surface area (Å²) in [6.45, 7) is 3.86. The Morgan fingerprint density at radius 3 is 2.40 bits per heavy atom. The molecule has 0 saturated heterocycles. The molecule has 156 valence electrons. The van der Waals surface area contributed by atoms with Crippen molar-refractivity contribution < 1.29 is 13.2 Å². The predicted molar refractivity (Wildman–Crippen MR) is 114 cm³/mol. The highest BCUT2D eigenvalue weighted by Crippen LogP contribution is 2.23. The molecule has 1 aromatic heterocycles. The number of nitrogens with one attached hydrogen (secondary N) is 2. The lowest BCUT2D eigenvalue weighted by atomic mass is 10.1. The van der Waals surface area contributed by atoms with Crippen molar-refractivity contribution in [3.05, 3.63) is 77.6 Å². The van der Waals surface area contributed by atoms with Crippen LogP contribution in [0.25, 0.3) is 5.69 Å². The van der Waals surface area contributed by atoms with Crippen molar-refractivity contribution in [3.63, 3.8) is 0 Å². The number of sulfonamides is 1. The van der Waals surface area contributed by atoms with Crippen molar-refractivity contribution in [1.29, 1.82) is 0 Å². The Labute approximate surface area is 176 Å². The van der Waals surface area contributed by atoms with Gasteiger partial charge in [0, 0.05) is 22.9 Å². The topological polar surface area (TPSA) is 93.1 Å². The molecule has 0 aliphatic heterocycles. The van der Waals surface area contributed by atoms with E-state index in [2.05, 4.69) is 15.1 Å². The molecule has 1 fully saturated rings. The maximum absolute atomic E-state index is 12.7. The van der Waals surface area contributed by atoms with Crippen molar-refractivity contribution in [2.24, 2.45) is 0 Å². The zero-order chi connectivity index (χ0) is 21.3. The summed E-state index contributed by atoms with van der Waals surface area (Å²) in [5, 5.41) is 7.41. The summed E-state index contributed by atoms with van der Waals surface area (Å²) in [6.07, 6.45) is 3.50. The predicted octanol–water partition coefficient (Wildman–Crippen LogP) is 3.11. The third-order valence-corrected chi connectivity index (χ3v) is 6.73. The molecule has 0 spiro atoms. The number of aromatic nitrogens is 2. The van der Waals surface area contributed by atoms with Crippen LogP contribution in [-0.4, -0.2) is 30.1 Å². The molecule has 7 nitrogen and oxygen atoms in total. The summed E-state index contributed by atoms with van der Waals surface area (Å²) in [5.74, 6) is -0.270. The van der Waals surface area contributed by atoms with Gasteiger partial charge in [-0.15, -0.1) is 0 Å². The number of para-hydroxylation sites is 1. The van der Waals surface area contributed by atoms with Crippen molar-refractivity contribution in [2.45, 2.75) is 43.7 Å². The van der Waals surface area contributed by atoms with Gasteiger partial charge in [-0.3, -0.25) is 4.79 Å². The van der Waals surface area contributed by atoms with E-state index < -0.39 is 10.0 Å². The van der Waals surface area contributed by atoms with Gasteiger partial charge in [0.1, 0.15) is 0 Å². The minimum atomic E-state index is -3.53. The van der Waals surface area contributed by atoms with Crippen LogP contribution in [0, 0.1) is 6.92 Å². The number of hydrogen-bond donors (Lipinski definition) is 2. The van der Waals surface area contributed by atoms with E-state index in [0.29, 0.717) is 5.56 Å². The fourth-order valence-corrected chi connectivity index (χ4v) is 4.61. The molecule has 1 aliphatic carbocycles. The average Bonchev–Trinajstić information content (AvgIpc) is 3.46. The molecule has 2 N–H and O–H groups in total. The molecule has 1 heterocycles. The highest BCUT2D eigenvalue weighted by atomic mass is 32.2. The Morgan fingerprint density at radius 2 is 1.77 bits per heavy atom. The quantitative estimate of drug-likeness (QED) is 0.609. The summed E-state index contributed by atoms with van der Waals surface area (Å²) in [7, 11) is -3.53. The lowest BCUT2D eigenvalue weighted by molar-refractivity contribution is 0.0939. The summed E-state index contributed by atoms with van der Waals surface area (Å²) in [4.78, 5) is 12.8. The SMILES string of the molecule is Cc1c(C(C)NC(=O)c2ccc(S(=O)(=O)NC3CC3)cc2)cnn1-c1ccccc1. The summed E-state index contributed by atoms with van der Waals surface area (Å²) >= 11 is 0. The van der Waals surface area contributed by atoms with Crippen LogP contribution in [0.3, 0.4) is 0 Å². The molecule has 4 rings (SSSR count). The van der Waals surface area contributed by atoms with Crippen LogP contribution in [0.2, 0.25) is 0 Å². The third kappa shape index (κ3) is 4.29. The number of carbonyl (C=O) groups excluding carboxylic acids is 1. The molecular formula is C22H24N4O3S. The molecule has 1 atom stereocenters. The smallest absolute Gasteiger partial charge is 0.251 e. The first-order chi connectivity index (χ1) is 14.3. The molecule has 2 aromatic carbocycles. The minimum absolute atomic E-state index is 0.0406. The van der Waals surface area contributed by atoms with Crippen LogP contribution in [-0.2, 0) is 10.0 Å². The highest BCUT2D eigenvalue weighted by molar-refractivity contribution is 7.89. The molecular weight excluding hydrogens is 400 g/mol. The van der Waals surface area contributed by atoms with E-state index in [1.807, 2.05) is 48.9 Å². The van der Waals surface area contributed by atoms with Gasteiger partial charge in [-0.05, 0) is 63.1 Å². The average molecular weight is 425 g/mol. The van der Waals surface area contributed by atoms with Gasteiger partial charge in [0.2, 0.25) is 10.0 Å². The third-order valence-electron chi connectivity index (χ3n) is 5.19. The van der Waals surface area contributed by atoms with E-state index in [1.165, 1.54) is 24.3 Å². The molecule has 1 amide bonds. The van der Waals surface area contributed by atoms with E-state index in [0.717, 1.165) is 29.8 Å². The fraction of sp³-hybridized carbons (Fsp3) is 0.273. The van der Waals surface area contributed by atoms with E-state index in [9.17, 15) is 13.2 Å². The maximum Gasteiger partial charge on any atom is 0.251 e. The summed E-state index contributed by atoms with van der Waals surface area (Å²) in [5.41, 5.74) is 3.22. The van der Waals surface area contributed by atoms with Crippen molar-refractivity contribution >= 4 is 15.9 Å². The Hall–Kier alpha value is -2.97. The molecule has 1 unspecified atom stereocenters. The zero-order valence-electron chi connectivity index (χ0n) is 16.9. The van der Waals surface area contributed by atoms with E-state index in [4.69, 9.17) is 0 Å². The van der Waals surface area contributed by atoms with Gasteiger partial charge in [0.15, 0.2) is 0 Å². The number of carbonyl (C=O) groups is 1. The highest BCUT2D eigenvalue weighted by Gasteiger charge is 2.28. The van der Waals surface area contributed by atoms with Gasteiger partial charge in [0.05, 0.1) is 22.8 Å². The summed E-state index contributed by atoms with van der Waals surface area (Å²) in [6, 6.07) is 15.6. The second kappa shape index (κ2) is 8.04. The van der Waals surface area contributed by atoms with E-state index >= 15 is 0 Å². The first kappa shape index (κ1) is 20.3. The van der Waals surface area contributed by atoms with Crippen LogP contribution in [0.1, 0.15) is 47.4 Å². The van der Waals surface area contributed by atoms with Crippen LogP contribution < -0.4 is 10.0 Å². The van der Waals surface area contributed by atoms with Gasteiger partial charge < -0.3 is 5.32 Å². The lowest BCUT2D eigenvalue weighted by Crippen LogP contribution is -2.27. The first-order valence-electron chi connectivity index (χ1n) is 9.88. The molecule has 0 radical (unpaired) electrons. The second-order valence-corrected chi connectivity index (χ2v) is 9.26. The normalized spacial score (nSPS) is 15.0. The van der Waals surface area contributed by atoms with Crippen LogP contribution in [0.15, 0.2) is 65.7 Å². The van der Waals surface area contributed by atoms with Crippen molar-refractivity contribution in [1.82, 2.24) is 19.8 Å². The monoisotopic (exact) mass is 424 g/mol. The van der Waals surface area contributed by atoms with Gasteiger partial charge in [0.25, 0.3) is 5.91 Å². The molecule has 30 heavy (non-hydrogen) atoms.